The molecule has 6 nitrogen and oxygen atoms in total. The van der Waals surface area contributed by atoms with E-state index in [4.69, 9.17) is 0 Å². The van der Waals surface area contributed by atoms with Crippen LogP contribution in [0, 0.1) is 11.3 Å². The molecule has 7 heteroatoms. The van der Waals surface area contributed by atoms with Gasteiger partial charge in [0.05, 0.1) is 12.6 Å². The Labute approximate surface area is 153 Å². The third-order valence-electron chi connectivity index (χ3n) is 3.98. The van der Waals surface area contributed by atoms with Crippen LogP contribution < -0.4 is 15.5 Å². The first-order valence-electron chi connectivity index (χ1n) is 8.66. The Hall–Kier alpha value is -1.91. The van der Waals surface area contributed by atoms with Gasteiger partial charge in [0.25, 0.3) is 11.8 Å². The highest BCUT2D eigenvalue weighted by Gasteiger charge is 2.23. The fraction of sp³-hybridized carbons (Fsp3) is 0.611. The Balaban J connectivity index is 1.93. The topological polar surface area (TPSA) is 86.4 Å². The van der Waals surface area contributed by atoms with Gasteiger partial charge >= 0.3 is 0 Å². The van der Waals surface area contributed by atoms with E-state index in [1.807, 2.05) is 27.8 Å². The van der Waals surface area contributed by atoms with Crippen molar-refractivity contribution >= 4 is 28.2 Å². The summed E-state index contributed by atoms with van der Waals surface area (Å²) in [5.41, 5.74) is 1.45. The molecule has 1 heterocycles. The fourth-order valence-corrected chi connectivity index (χ4v) is 4.27. The molecule has 1 atom stereocenters. The zero-order chi connectivity index (χ0) is 18.6. The summed E-state index contributed by atoms with van der Waals surface area (Å²) in [6.07, 6.45) is 4.15. The van der Waals surface area contributed by atoms with Gasteiger partial charge in [-0.2, -0.15) is 5.26 Å². The van der Waals surface area contributed by atoms with Crippen LogP contribution in [-0.2, 0) is 22.4 Å². The second-order valence-corrected chi connectivity index (χ2v) is 8.79. The van der Waals surface area contributed by atoms with E-state index < -0.39 is 0 Å². The van der Waals surface area contributed by atoms with Gasteiger partial charge in [0.2, 0.25) is 0 Å². The van der Waals surface area contributed by atoms with E-state index in [2.05, 4.69) is 16.7 Å². The van der Waals surface area contributed by atoms with E-state index in [0.717, 1.165) is 36.1 Å². The first kappa shape index (κ1) is 19.4. The summed E-state index contributed by atoms with van der Waals surface area (Å²) >= 11 is 1.52. The molecule has 1 aliphatic carbocycles. The van der Waals surface area contributed by atoms with Crippen LogP contribution in [0.4, 0.5) is 5.00 Å². The van der Waals surface area contributed by atoms with Crippen LogP contribution in [0.3, 0.4) is 0 Å². The van der Waals surface area contributed by atoms with Crippen LogP contribution in [0.2, 0.25) is 0 Å². The van der Waals surface area contributed by atoms with Crippen LogP contribution in [0.25, 0.3) is 0 Å². The highest BCUT2D eigenvalue weighted by Crippen LogP contribution is 2.37. The van der Waals surface area contributed by atoms with Crippen LogP contribution in [-0.4, -0.2) is 37.5 Å². The average Bonchev–Trinajstić information content (AvgIpc) is 2.81. The highest BCUT2D eigenvalue weighted by atomic mass is 32.1. The van der Waals surface area contributed by atoms with Gasteiger partial charge in [-0.25, -0.2) is 0 Å². The second-order valence-electron chi connectivity index (χ2n) is 7.68. The molecule has 0 saturated heterocycles. The molecular formula is C18H27N4O2S+. The van der Waals surface area contributed by atoms with Crippen LogP contribution >= 0.6 is 11.3 Å². The monoisotopic (exact) mass is 363 g/mol. The number of rotatable bonds is 5. The lowest BCUT2D eigenvalue weighted by atomic mass is 9.96. The highest BCUT2D eigenvalue weighted by molar-refractivity contribution is 7.16. The molecular weight excluding hydrogens is 336 g/mol. The summed E-state index contributed by atoms with van der Waals surface area (Å²) in [5.74, 6) is -0.252. The number of fused-ring (bicyclic) bond motifs is 1. The van der Waals surface area contributed by atoms with E-state index in [-0.39, 0.29) is 30.4 Å². The van der Waals surface area contributed by atoms with Crippen molar-refractivity contribution in [2.45, 2.75) is 52.0 Å². The standard InChI is InChI=1S/C18H26N4O2S/c1-18(2,3)21-16(24)11-22(4)10-15(23)20-17-13(9-19)12-7-5-6-8-14(12)25-17/h5-8,10-11H2,1-4H3,(H,20,23)(H,21,24)/p+1. The van der Waals surface area contributed by atoms with Gasteiger partial charge in [-0.3, -0.25) is 9.59 Å². The molecule has 0 saturated carbocycles. The van der Waals surface area contributed by atoms with Crippen LogP contribution in [0.1, 0.15) is 49.6 Å². The Morgan fingerprint density at radius 2 is 1.84 bits per heavy atom. The molecule has 1 unspecified atom stereocenters. The first-order valence-corrected chi connectivity index (χ1v) is 9.48. The lowest BCUT2D eigenvalue weighted by Crippen LogP contribution is -3.11. The van der Waals surface area contributed by atoms with E-state index in [0.29, 0.717) is 10.6 Å². The SMILES string of the molecule is C[NH+](CC(=O)Nc1sc2c(c1C#N)CCCC2)CC(=O)NC(C)(C)C. The van der Waals surface area contributed by atoms with Gasteiger partial charge in [-0.15, -0.1) is 11.3 Å². The van der Waals surface area contributed by atoms with E-state index >= 15 is 0 Å². The third kappa shape index (κ3) is 5.55. The van der Waals surface area contributed by atoms with Crippen molar-refractivity contribution in [3.05, 3.63) is 16.0 Å². The fourth-order valence-electron chi connectivity index (χ4n) is 3.02. The molecule has 2 amide bonds. The number of carbonyl (C=O) groups excluding carboxylic acids is 2. The minimum Gasteiger partial charge on any atom is -0.347 e. The number of carbonyl (C=O) groups is 2. The molecule has 3 N–H and O–H groups in total. The van der Waals surface area contributed by atoms with E-state index in [1.54, 1.807) is 0 Å². The van der Waals surface area contributed by atoms with Crippen LogP contribution in [0.5, 0.6) is 0 Å². The number of hydrogen-bond donors (Lipinski definition) is 3. The average molecular weight is 364 g/mol. The van der Waals surface area contributed by atoms with Gasteiger partial charge in [-0.1, -0.05) is 0 Å². The number of quaternary nitrogens is 1. The summed E-state index contributed by atoms with van der Waals surface area (Å²) < 4.78 is 0. The summed E-state index contributed by atoms with van der Waals surface area (Å²) in [4.78, 5) is 26.3. The molecule has 25 heavy (non-hydrogen) atoms. The van der Waals surface area contributed by atoms with Crippen molar-refractivity contribution in [3.63, 3.8) is 0 Å². The van der Waals surface area contributed by atoms with Crippen molar-refractivity contribution in [1.29, 1.82) is 5.26 Å². The molecule has 1 aromatic heterocycles. The normalized spacial score (nSPS) is 15.0. The summed E-state index contributed by atoms with van der Waals surface area (Å²) in [5, 5.41) is 15.9. The van der Waals surface area contributed by atoms with Gasteiger partial charge < -0.3 is 15.5 Å². The van der Waals surface area contributed by atoms with Gasteiger partial charge in [0.1, 0.15) is 11.1 Å². The summed E-state index contributed by atoms with van der Waals surface area (Å²) in [6.45, 7) is 6.19. The van der Waals surface area contributed by atoms with Gasteiger partial charge in [0.15, 0.2) is 13.1 Å². The largest absolute Gasteiger partial charge is 0.347 e. The Morgan fingerprint density at radius 1 is 1.20 bits per heavy atom. The zero-order valence-electron chi connectivity index (χ0n) is 15.4. The number of aryl methyl sites for hydroxylation is 1. The molecule has 0 spiro atoms. The van der Waals surface area contributed by atoms with Gasteiger partial charge in [0, 0.05) is 10.4 Å². The Bertz CT molecular complexity index is 697. The predicted molar refractivity (Wildman–Crippen MR) is 98.8 cm³/mol. The molecule has 0 bridgehead atoms. The Kier molecular flexibility index (Phi) is 6.20. The van der Waals surface area contributed by atoms with Crippen molar-refractivity contribution in [1.82, 2.24) is 5.32 Å². The van der Waals surface area contributed by atoms with Gasteiger partial charge in [-0.05, 0) is 52.0 Å². The first-order chi connectivity index (χ1) is 11.7. The molecule has 1 aromatic rings. The second kappa shape index (κ2) is 7.98. The maximum absolute atomic E-state index is 12.3. The molecule has 1 aliphatic rings. The smallest absolute Gasteiger partial charge is 0.280 e. The summed E-state index contributed by atoms with van der Waals surface area (Å²) in [6, 6.07) is 2.25. The Morgan fingerprint density at radius 3 is 2.48 bits per heavy atom. The maximum atomic E-state index is 12.3. The molecule has 2 rings (SSSR count). The lowest BCUT2D eigenvalue weighted by Gasteiger charge is -2.21. The number of hydrogen-bond acceptors (Lipinski definition) is 4. The number of anilines is 1. The number of likely N-dealkylation sites (N-methyl/N-ethyl adjacent to an activating group) is 1. The molecule has 0 aromatic carbocycles. The molecule has 0 aliphatic heterocycles. The lowest BCUT2D eigenvalue weighted by molar-refractivity contribution is -0.862. The molecule has 0 radical (unpaired) electrons. The quantitative estimate of drug-likeness (QED) is 0.725. The van der Waals surface area contributed by atoms with Crippen molar-refractivity contribution in [2.75, 3.05) is 25.5 Å². The maximum Gasteiger partial charge on any atom is 0.280 e. The van der Waals surface area contributed by atoms with Crippen molar-refractivity contribution in [2.24, 2.45) is 0 Å². The van der Waals surface area contributed by atoms with Crippen LogP contribution in [0.15, 0.2) is 0 Å². The number of amides is 2. The number of nitrogens with one attached hydrogen (secondary N) is 3. The molecule has 136 valence electrons. The molecule has 0 fully saturated rings. The number of thiophene rings is 1. The van der Waals surface area contributed by atoms with Crippen molar-refractivity contribution in [3.8, 4) is 6.07 Å². The minimum atomic E-state index is -0.280. The minimum absolute atomic E-state index is 0.0814. The number of nitrogens with zero attached hydrogens (tertiary/aromatic N) is 1. The predicted octanol–water partition coefficient (Wildman–Crippen LogP) is 0.866. The van der Waals surface area contributed by atoms with E-state index in [9.17, 15) is 14.9 Å². The number of nitriles is 1. The van der Waals surface area contributed by atoms with E-state index in [1.165, 1.54) is 16.2 Å². The van der Waals surface area contributed by atoms with Crippen molar-refractivity contribution < 1.29 is 14.5 Å². The zero-order valence-corrected chi connectivity index (χ0v) is 16.2. The summed E-state index contributed by atoms with van der Waals surface area (Å²) in [7, 11) is 1.81. The third-order valence-corrected chi connectivity index (χ3v) is 5.18.